The number of fused-ring (bicyclic) bond motifs is 2. The first-order valence-corrected chi connectivity index (χ1v) is 12.9. The van der Waals surface area contributed by atoms with Gasteiger partial charge >= 0.3 is 12.2 Å². The summed E-state index contributed by atoms with van der Waals surface area (Å²) < 4.78 is 85.4. The van der Waals surface area contributed by atoms with Gasteiger partial charge in [0.2, 0.25) is 5.88 Å². The summed E-state index contributed by atoms with van der Waals surface area (Å²) in [6.07, 6.45) is -5.24. The van der Waals surface area contributed by atoms with Crippen molar-refractivity contribution in [1.29, 1.82) is 0 Å². The molecule has 2 aliphatic heterocycles. The van der Waals surface area contributed by atoms with E-state index in [-0.39, 0.29) is 34.7 Å². The van der Waals surface area contributed by atoms with Crippen LogP contribution in [0.15, 0.2) is 6.07 Å². The molecule has 6 rings (SSSR count). The predicted octanol–water partition coefficient (Wildman–Crippen LogP) is 3.73. The minimum Gasteiger partial charge on any atom is -0.472 e. The van der Waals surface area contributed by atoms with E-state index >= 15 is 4.39 Å². The van der Waals surface area contributed by atoms with Gasteiger partial charge in [0.1, 0.15) is 40.4 Å². The van der Waals surface area contributed by atoms with E-state index in [1.54, 1.807) is 13.8 Å². The van der Waals surface area contributed by atoms with Gasteiger partial charge in [0.05, 0.1) is 22.9 Å². The second-order valence-corrected chi connectivity index (χ2v) is 10.7. The number of pyridine rings is 1. The van der Waals surface area contributed by atoms with Gasteiger partial charge < -0.3 is 30.5 Å². The first-order valence-electron chi connectivity index (χ1n) is 12.9. The molecule has 4 N–H and O–H groups in total. The Morgan fingerprint density at radius 1 is 1.23 bits per heavy atom. The molecule has 9 nitrogen and oxygen atoms in total. The maximum absolute atomic E-state index is 16.4. The standard InChI is InChI=1S/C26H27F5N6O3/c1-10-17(26(29,30)31)12(8-13(32)18(10)27)20-19(28)21-16-22(36-24(35-21)40-15-4-5-25(15,3)38)37-7-6-33-9-14(37)11(2)39-23(16)34-20/h8,11,14-15,33,38H,4-7,9,32H2,1-3H3/t11-,14-,15-,25-/m0/s1. The molecular formula is C26H27F5N6O3. The molecule has 14 heteroatoms. The number of nitrogens with zero attached hydrogens (tertiary/aromatic N) is 4. The quantitative estimate of drug-likeness (QED) is 0.322. The van der Waals surface area contributed by atoms with Gasteiger partial charge in [0.15, 0.2) is 5.82 Å². The zero-order valence-corrected chi connectivity index (χ0v) is 21.9. The van der Waals surface area contributed by atoms with E-state index in [1.807, 2.05) is 4.90 Å². The van der Waals surface area contributed by atoms with Crippen molar-refractivity contribution in [3.05, 3.63) is 28.8 Å². The van der Waals surface area contributed by atoms with Crippen molar-refractivity contribution >= 4 is 22.4 Å². The lowest BCUT2D eigenvalue weighted by molar-refractivity contribution is -0.137. The van der Waals surface area contributed by atoms with Crippen LogP contribution in [0.5, 0.6) is 11.9 Å². The fourth-order valence-corrected chi connectivity index (χ4v) is 5.65. The number of hydrogen-bond acceptors (Lipinski definition) is 9. The van der Waals surface area contributed by atoms with E-state index in [1.165, 1.54) is 0 Å². The average molecular weight is 567 g/mol. The summed E-state index contributed by atoms with van der Waals surface area (Å²) in [6, 6.07) is 0.196. The van der Waals surface area contributed by atoms with Crippen LogP contribution < -0.4 is 25.4 Å². The SMILES string of the molecule is Cc1c(F)c(N)cc(-c2nc3c4c(nc(O[C@H]5CC[C@]5(C)O)nc4c2F)N2CCNC[C@H]2[C@H](C)O3)c1C(F)(F)F. The molecule has 214 valence electrons. The Labute approximate surface area is 225 Å². The number of nitrogens with one attached hydrogen (secondary N) is 1. The fourth-order valence-electron chi connectivity index (χ4n) is 5.65. The highest BCUT2D eigenvalue weighted by Crippen LogP contribution is 2.46. The Morgan fingerprint density at radius 3 is 2.62 bits per heavy atom. The van der Waals surface area contributed by atoms with Crippen molar-refractivity contribution in [1.82, 2.24) is 20.3 Å². The Morgan fingerprint density at radius 2 is 1.98 bits per heavy atom. The summed E-state index contributed by atoms with van der Waals surface area (Å²) in [4.78, 5) is 14.9. The van der Waals surface area contributed by atoms with Crippen molar-refractivity contribution < 1.29 is 36.5 Å². The van der Waals surface area contributed by atoms with Crippen LogP contribution >= 0.6 is 0 Å². The Bertz CT molecular complexity index is 1530. The number of anilines is 2. The predicted molar refractivity (Wildman–Crippen MR) is 135 cm³/mol. The fraction of sp³-hybridized carbons (Fsp3) is 0.500. The number of rotatable bonds is 3. The molecule has 0 bridgehead atoms. The molecular weight excluding hydrogens is 539 g/mol. The van der Waals surface area contributed by atoms with Crippen molar-refractivity contribution in [2.75, 3.05) is 30.3 Å². The molecule has 2 aromatic heterocycles. The highest BCUT2D eigenvalue weighted by molar-refractivity contribution is 5.97. The second-order valence-electron chi connectivity index (χ2n) is 10.7. The van der Waals surface area contributed by atoms with Crippen LogP contribution in [0.2, 0.25) is 0 Å². The zero-order chi connectivity index (χ0) is 28.7. The molecule has 3 aromatic rings. The molecule has 0 unspecified atom stereocenters. The summed E-state index contributed by atoms with van der Waals surface area (Å²) in [5.74, 6) is -2.36. The Kier molecular flexibility index (Phi) is 6.00. The highest BCUT2D eigenvalue weighted by Gasteiger charge is 2.45. The summed E-state index contributed by atoms with van der Waals surface area (Å²) in [6.45, 7) is 5.85. The Hall–Kier alpha value is -3.52. The van der Waals surface area contributed by atoms with E-state index in [4.69, 9.17) is 15.2 Å². The molecule has 4 atom stereocenters. The van der Waals surface area contributed by atoms with Gasteiger partial charge in [0.25, 0.3) is 0 Å². The van der Waals surface area contributed by atoms with Gasteiger partial charge in [-0.15, -0.1) is 0 Å². The monoisotopic (exact) mass is 566 g/mol. The number of benzene rings is 1. The normalized spacial score (nSPS) is 26.1. The van der Waals surface area contributed by atoms with Crippen LogP contribution in [0.1, 0.15) is 37.8 Å². The number of aromatic nitrogens is 3. The molecule has 4 heterocycles. The highest BCUT2D eigenvalue weighted by atomic mass is 19.4. The topological polar surface area (TPSA) is 119 Å². The molecule has 2 fully saturated rings. The van der Waals surface area contributed by atoms with Gasteiger partial charge in [-0.1, -0.05) is 0 Å². The van der Waals surface area contributed by atoms with Crippen LogP contribution in [-0.4, -0.2) is 63.5 Å². The molecule has 3 aliphatic rings. The molecule has 40 heavy (non-hydrogen) atoms. The number of ether oxygens (including phenoxy) is 2. The largest absolute Gasteiger partial charge is 0.472 e. The van der Waals surface area contributed by atoms with Crippen molar-refractivity contribution in [3.63, 3.8) is 0 Å². The molecule has 1 saturated heterocycles. The third kappa shape index (κ3) is 4.07. The van der Waals surface area contributed by atoms with Crippen LogP contribution in [0.25, 0.3) is 22.2 Å². The van der Waals surface area contributed by atoms with Gasteiger partial charge in [-0.2, -0.15) is 23.1 Å². The lowest BCUT2D eigenvalue weighted by Gasteiger charge is -2.41. The average Bonchev–Trinajstić information content (AvgIpc) is 3.01. The van der Waals surface area contributed by atoms with E-state index in [9.17, 15) is 22.7 Å². The lowest BCUT2D eigenvalue weighted by Crippen LogP contribution is -2.57. The number of hydrogen-bond donors (Lipinski definition) is 3. The van der Waals surface area contributed by atoms with Crippen LogP contribution in [0.4, 0.5) is 33.5 Å². The maximum Gasteiger partial charge on any atom is 0.417 e. The third-order valence-electron chi connectivity index (χ3n) is 8.03. The molecule has 0 radical (unpaired) electrons. The van der Waals surface area contributed by atoms with Crippen LogP contribution in [0, 0.1) is 18.6 Å². The molecule has 1 aromatic carbocycles. The number of alkyl halides is 3. The number of halogens is 5. The minimum atomic E-state index is -5.05. The summed E-state index contributed by atoms with van der Waals surface area (Å²) >= 11 is 0. The van der Waals surface area contributed by atoms with Gasteiger partial charge in [-0.25, -0.2) is 13.8 Å². The first-order chi connectivity index (χ1) is 18.8. The number of aliphatic hydroxyl groups is 1. The Balaban J connectivity index is 1.64. The summed E-state index contributed by atoms with van der Waals surface area (Å²) in [5.41, 5.74) is -0.109. The van der Waals surface area contributed by atoms with Gasteiger partial charge in [0, 0.05) is 25.2 Å². The maximum atomic E-state index is 16.4. The smallest absolute Gasteiger partial charge is 0.417 e. The molecule has 1 aliphatic carbocycles. The minimum absolute atomic E-state index is 0.0746. The van der Waals surface area contributed by atoms with Crippen molar-refractivity contribution in [2.24, 2.45) is 0 Å². The third-order valence-corrected chi connectivity index (χ3v) is 8.03. The molecule has 0 spiro atoms. The number of nitrogen functional groups attached to an aromatic ring is 1. The van der Waals surface area contributed by atoms with E-state index in [2.05, 4.69) is 20.3 Å². The number of piperazine rings is 1. The van der Waals surface area contributed by atoms with Crippen molar-refractivity contribution in [3.8, 4) is 23.1 Å². The van der Waals surface area contributed by atoms with Crippen LogP contribution in [-0.2, 0) is 6.18 Å². The lowest BCUT2D eigenvalue weighted by atomic mass is 9.79. The summed E-state index contributed by atoms with van der Waals surface area (Å²) in [5, 5.41) is 13.8. The van der Waals surface area contributed by atoms with Crippen molar-refractivity contribution in [2.45, 2.75) is 63.6 Å². The number of nitrogens with two attached hydrogens (primary N) is 1. The summed E-state index contributed by atoms with van der Waals surface area (Å²) in [7, 11) is 0. The van der Waals surface area contributed by atoms with Gasteiger partial charge in [-0.3, -0.25) is 0 Å². The first kappa shape index (κ1) is 26.7. The zero-order valence-electron chi connectivity index (χ0n) is 21.9. The molecule has 1 saturated carbocycles. The van der Waals surface area contributed by atoms with Gasteiger partial charge in [-0.05, 0) is 45.2 Å². The molecule has 0 amide bonds. The van der Waals surface area contributed by atoms with Crippen LogP contribution in [0.3, 0.4) is 0 Å². The van der Waals surface area contributed by atoms with E-state index < -0.39 is 63.7 Å². The van der Waals surface area contributed by atoms with E-state index in [0.29, 0.717) is 38.5 Å². The van der Waals surface area contributed by atoms with E-state index in [0.717, 1.165) is 6.92 Å². The second kappa shape index (κ2) is 8.99.